The molecule has 0 fully saturated rings. The summed E-state index contributed by atoms with van der Waals surface area (Å²) in [5, 5.41) is 0. The molecular formula is C13H8Br2F3NO. The predicted octanol–water partition coefficient (Wildman–Crippen LogP) is 5.60. The van der Waals surface area contributed by atoms with Crippen molar-refractivity contribution in [3.63, 3.8) is 0 Å². The molecule has 0 atom stereocenters. The van der Waals surface area contributed by atoms with E-state index >= 15 is 0 Å². The highest BCUT2D eigenvalue weighted by Gasteiger charge is 2.34. The van der Waals surface area contributed by atoms with Gasteiger partial charge in [0.1, 0.15) is 5.75 Å². The number of benzene rings is 2. The highest BCUT2D eigenvalue weighted by atomic mass is 79.9. The lowest BCUT2D eigenvalue weighted by molar-refractivity contribution is -0.138. The van der Waals surface area contributed by atoms with Gasteiger partial charge in [-0.15, -0.1) is 0 Å². The molecule has 0 saturated heterocycles. The van der Waals surface area contributed by atoms with E-state index < -0.39 is 11.7 Å². The summed E-state index contributed by atoms with van der Waals surface area (Å²) in [7, 11) is 0. The summed E-state index contributed by atoms with van der Waals surface area (Å²) in [5.41, 5.74) is 5.10. The van der Waals surface area contributed by atoms with E-state index in [0.29, 0.717) is 8.95 Å². The molecule has 0 aromatic heterocycles. The molecule has 0 aliphatic carbocycles. The second-order valence-corrected chi connectivity index (χ2v) is 5.67. The third-order valence-corrected chi connectivity index (χ3v) is 3.58. The predicted molar refractivity (Wildman–Crippen MR) is 77.8 cm³/mol. The Bertz CT molecular complexity index is 624. The zero-order valence-electron chi connectivity index (χ0n) is 9.84. The van der Waals surface area contributed by atoms with Gasteiger partial charge in [0.2, 0.25) is 0 Å². The molecule has 0 bridgehead atoms. The standard InChI is InChI=1S/C13H8Br2F3NO/c14-7-4-5-8(13(16,17)18)11(6-7)20-12-9(15)2-1-3-10(12)19/h1-6H,19H2. The van der Waals surface area contributed by atoms with Crippen LogP contribution in [-0.2, 0) is 6.18 Å². The average Bonchev–Trinajstić information content (AvgIpc) is 2.32. The Kier molecular flexibility index (Phi) is 4.29. The van der Waals surface area contributed by atoms with Gasteiger partial charge in [-0.3, -0.25) is 0 Å². The minimum absolute atomic E-state index is 0.149. The van der Waals surface area contributed by atoms with Gasteiger partial charge in [-0.25, -0.2) is 0 Å². The van der Waals surface area contributed by atoms with Crippen molar-refractivity contribution in [1.82, 2.24) is 0 Å². The number of para-hydroxylation sites is 1. The fraction of sp³-hybridized carbons (Fsp3) is 0.0769. The van der Waals surface area contributed by atoms with E-state index in [-0.39, 0.29) is 17.2 Å². The molecule has 2 rings (SSSR count). The Morgan fingerprint density at radius 1 is 1.05 bits per heavy atom. The van der Waals surface area contributed by atoms with Crippen molar-refractivity contribution in [3.8, 4) is 11.5 Å². The number of nitrogens with two attached hydrogens (primary N) is 1. The fourth-order valence-corrected chi connectivity index (χ4v) is 2.36. The molecule has 2 nitrogen and oxygen atoms in total. The number of alkyl halides is 3. The van der Waals surface area contributed by atoms with Crippen molar-refractivity contribution in [2.24, 2.45) is 0 Å². The zero-order valence-corrected chi connectivity index (χ0v) is 13.0. The Balaban J connectivity index is 2.51. The quantitative estimate of drug-likeness (QED) is 0.653. The van der Waals surface area contributed by atoms with Crippen LogP contribution in [-0.4, -0.2) is 0 Å². The number of halogens is 5. The van der Waals surface area contributed by atoms with E-state index in [9.17, 15) is 13.2 Å². The molecule has 106 valence electrons. The zero-order chi connectivity index (χ0) is 14.9. The maximum absolute atomic E-state index is 12.9. The van der Waals surface area contributed by atoms with Crippen LogP contribution in [0.15, 0.2) is 45.3 Å². The maximum atomic E-state index is 12.9. The van der Waals surface area contributed by atoms with Crippen LogP contribution in [0.1, 0.15) is 5.56 Å². The van der Waals surface area contributed by atoms with Crippen LogP contribution in [0.3, 0.4) is 0 Å². The van der Waals surface area contributed by atoms with Crippen LogP contribution in [0.5, 0.6) is 11.5 Å². The lowest BCUT2D eigenvalue weighted by Crippen LogP contribution is -2.07. The van der Waals surface area contributed by atoms with E-state index in [1.807, 2.05) is 0 Å². The van der Waals surface area contributed by atoms with Crippen LogP contribution >= 0.6 is 31.9 Å². The van der Waals surface area contributed by atoms with Gasteiger partial charge in [-0.05, 0) is 46.3 Å². The third kappa shape index (κ3) is 3.27. The number of nitrogen functional groups attached to an aromatic ring is 1. The third-order valence-electron chi connectivity index (χ3n) is 2.46. The summed E-state index contributed by atoms with van der Waals surface area (Å²) in [5.74, 6) is -0.165. The van der Waals surface area contributed by atoms with Crippen molar-refractivity contribution < 1.29 is 17.9 Å². The molecular weight excluding hydrogens is 403 g/mol. The summed E-state index contributed by atoms with van der Waals surface area (Å²) in [6.07, 6.45) is -4.51. The molecule has 20 heavy (non-hydrogen) atoms. The first-order chi connectivity index (χ1) is 9.29. The molecule has 0 unspecified atom stereocenters. The highest BCUT2D eigenvalue weighted by molar-refractivity contribution is 9.10. The molecule has 0 radical (unpaired) electrons. The monoisotopic (exact) mass is 409 g/mol. The fourth-order valence-electron chi connectivity index (χ4n) is 1.56. The van der Waals surface area contributed by atoms with Gasteiger partial charge >= 0.3 is 6.18 Å². The first kappa shape index (κ1) is 15.2. The number of anilines is 1. The molecule has 2 aromatic rings. The summed E-state index contributed by atoms with van der Waals surface area (Å²) >= 11 is 6.32. The van der Waals surface area contributed by atoms with Gasteiger partial charge in [-0.2, -0.15) is 13.2 Å². The van der Waals surface area contributed by atoms with E-state index in [2.05, 4.69) is 31.9 Å². The molecule has 0 aliphatic rings. The average molecular weight is 411 g/mol. The van der Waals surface area contributed by atoms with E-state index in [1.165, 1.54) is 12.1 Å². The largest absolute Gasteiger partial charge is 0.453 e. The van der Waals surface area contributed by atoms with Gasteiger partial charge in [0, 0.05) is 4.47 Å². The highest BCUT2D eigenvalue weighted by Crippen LogP contribution is 2.42. The number of rotatable bonds is 2. The van der Waals surface area contributed by atoms with Crippen LogP contribution < -0.4 is 10.5 Å². The second kappa shape index (κ2) is 5.65. The first-order valence-electron chi connectivity index (χ1n) is 5.37. The van der Waals surface area contributed by atoms with E-state index in [0.717, 1.165) is 6.07 Å². The van der Waals surface area contributed by atoms with Gasteiger partial charge in [-0.1, -0.05) is 22.0 Å². The van der Waals surface area contributed by atoms with Crippen molar-refractivity contribution in [2.45, 2.75) is 6.18 Å². The second-order valence-electron chi connectivity index (χ2n) is 3.90. The Morgan fingerprint density at radius 2 is 1.75 bits per heavy atom. The molecule has 0 saturated carbocycles. The molecule has 7 heteroatoms. The van der Waals surface area contributed by atoms with E-state index in [1.54, 1.807) is 18.2 Å². The summed E-state index contributed by atoms with van der Waals surface area (Å²) in [4.78, 5) is 0. The Labute approximate surface area is 130 Å². The first-order valence-corrected chi connectivity index (χ1v) is 6.96. The van der Waals surface area contributed by atoms with Crippen molar-refractivity contribution in [1.29, 1.82) is 0 Å². The molecule has 0 heterocycles. The Morgan fingerprint density at radius 3 is 2.35 bits per heavy atom. The minimum Gasteiger partial charge on any atom is -0.453 e. The molecule has 2 N–H and O–H groups in total. The van der Waals surface area contributed by atoms with Crippen LogP contribution in [0, 0.1) is 0 Å². The number of ether oxygens (including phenoxy) is 1. The van der Waals surface area contributed by atoms with Gasteiger partial charge < -0.3 is 10.5 Å². The number of hydrogen-bond acceptors (Lipinski definition) is 2. The lowest BCUT2D eigenvalue weighted by Gasteiger charge is -2.16. The van der Waals surface area contributed by atoms with Crippen LogP contribution in [0.2, 0.25) is 0 Å². The van der Waals surface area contributed by atoms with Gasteiger partial charge in [0.25, 0.3) is 0 Å². The van der Waals surface area contributed by atoms with E-state index in [4.69, 9.17) is 10.5 Å². The SMILES string of the molecule is Nc1cccc(Br)c1Oc1cc(Br)ccc1C(F)(F)F. The topological polar surface area (TPSA) is 35.2 Å². The van der Waals surface area contributed by atoms with Gasteiger partial charge in [0.15, 0.2) is 5.75 Å². The van der Waals surface area contributed by atoms with Crippen molar-refractivity contribution in [2.75, 3.05) is 5.73 Å². The summed E-state index contributed by atoms with van der Waals surface area (Å²) < 4.78 is 45.1. The van der Waals surface area contributed by atoms with Crippen molar-refractivity contribution >= 4 is 37.5 Å². The molecule has 0 spiro atoms. The smallest absolute Gasteiger partial charge is 0.419 e. The number of hydrogen-bond donors (Lipinski definition) is 1. The maximum Gasteiger partial charge on any atom is 0.419 e. The minimum atomic E-state index is -4.51. The lowest BCUT2D eigenvalue weighted by atomic mass is 10.2. The van der Waals surface area contributed by atoms with Gasteiger partial charge in [0.05, 0.1) is 15.7 Å². The van der Waals surface area contributed by atoms with Crippen LogP contribution in [0.4, 0.5) is 18.9 Å². The summed E-state index contributed by atoms with van der Waals surface area (Å²) in [6.45, 7) is 0. The molecule has 0 aliphatic heterocycles. The summed E-state index contributed by atoms with van der Waals surface area (Å²) in [6, 6.07) is 8.35. The Hall–Kier alpha value is -1.21. The molecule has 0 amide bonds. The van der Waals surface area contributed by atoms with Crippen LogP contribution in [0.25, 0.3) is 0 Å². The normalized spacial score (nSPS) is 11.4. The van der Waals surface area contributed by atoms with Crippen molar-refractivity contribution in [3.05, 3.63) is 50.9 Å². The molecule has 2 aromatic carbocycles.